The molecular weight excluding hydrogens is 326 g/mol. The SMILES string of the molecule is CCCOc1ccccc1C(=O)N1CCCN(C)C2(CCN(C)CC2)C1. The fraction of sp³-hybridized carbons (Fsp3) is 0.667. The molecule has 2 saturated heterocycles. The molecule has 144 valence electrons. The number of carbonyl (C=O) groups excluding carboxylic acids is 1. The molecular formula is C21H33N3O2. The van der Waals surface area contributed by atoms with E-state index in [0.29, 0.717) is 12.2 Å². The van der Waals surface area contributed by atoms with Crippen molar-refractivity contribution in [2.45, 2.75) is 38.1 Å². The summed E-state index contributed by atoms with van der Waals surface area (Å²) in [6, 6.07) is 7.69. The number of hydrogen-bond donors (Lipinski definition) is 0. The Balaban J connectivity index is 1.81. The summed E-state index contributed by atoms with van der Waals surface area (Å²) in [5.74, 6) is 0.833. The van der Waals surface area contributed by atoms with Crippen molar-refractivity contribution in [3.8, 4) is 5.75 Å². The molecule has 2 heterocycles. The third kappa shape index (κ3) is 4.04. The van der Waals surface area contributed by atoms with Crippen LogP contribution in [0.25, 0.3) is 0 Å². The lowest BCUT2D eigenvalue weighted by Gasteiger charge is -2.47. The van der Waals surface area contributed by atoms with Crippen molar-refractivity contribution < 1.29 is 9.53 Å². The molecule has 0 saturated carbocycles. The Morgan fingerprint density at radius 3 is 2.58 bits per heavy atom. The maximum absolute atomic E-state index is 13.4. The first kappa shape index (κ1) is 19.2. The van der Waals surface area contributed by atoms with Crippen molar-refractivity contribution >= 4 is 5.91 Å². The molecule has 1 amide bonds. The summed E-state index contributed by atoms with van der Waals surface area (Å²) in [6.07, 6.45) is 4.21. The minimum Gasteiger partial charge on any atom is -0.493 e. The van der Waals surface area contributed by atoms with Crippen LogP contribution >= 0.6 is 0 Å². The van der Waals surface area contributed by atoms with Gasteiger partial charge in [0, 0.05) is 25.2 Å². The van der Waals surface area contributed by atoms with E-state index in [1.807, 2.05) is 24.3 Å². The Bertz CT molecular complexity index is 611. The number of para-hydroxylation sites is 1. The van der Waals surface area contributed by atoms with Gasteiger partial charge in [-0.15, -0.1) is 0 Å². The highest BCUT2D eigenvalue weighted by Gasteiger charge is 2.41. The number of ether oxygens (including phenoxy) is 1. The zero-order valence-corrected chi connectivity index (χ0v) is 16.5. The highest BCUT2D eigenvalue weighted by molar-refractivity contribution is 5.97. The minimum absolute atomic E-state index is 0.109. The van der Waals surface area contributed by atoms with E-state index in [1.54, 1.807) is 0 Å². The first-order valence-corrected chi connectivity index (χ1v) is 9.96. The van der Waals surface area contributed by atoms with Gasteiger partial charge in [0.25, 0.3) is 5.91 Å². The van der Waals surface area contributed by atoms with Gasteiger partial charge in [-0.2, -0.15) is 0 Å². The molecule has 26 heavy (non-hydrogen) atoms. The molecule has 0 aliphatic carbocycles. The molecule has 2 aliphatic rings. The fourth-order valence-electron chi connectivity index (χ4n) is 4.19. The van der Waals surface area contributed by atoms with Gasteiger partial charge in [-0.05, 0) is 65.0 Å². The van der Waals surface area contributed by atoms with Crippen molar-refractivity contribution in [2.24, 2.45) is 0 Å². The van der Waals surface area contributed by atoms with Crippen LogP contribution in [0.4, 0.5) is 0 Å². The van der Waals surface area contributed by atoms with Crippen molar-refractivity contribution in [2.75, 3.05) is 53.4 Å². The van der Waals surface area contributed by atoms with E-state index >= 15 is 0 Å². The van der Waals surface area contributed by atoms with E-state index in [1.165, 1.54) is 0 Å². The van der Waals surface area contributed by atoms with Gasteiger partial charge in [-0.25, -0.2) is 0 Å². The number of carbonyl (C=O) groups is 1. The lowest BCUT2D eigenvalue weighted by molar-refractivity contribution is 0.0315. The Labute approximate surface area is 157 Å². The number of likely N-dealkylation sites (tertiary alicyclic amines) is 1. The first-order chi connectivity index (χ1) is 12.6. The van der Waals surface area contributed by atoms with Crippen LogP contribution < -0.4 is 4.74 Å². The predicted molar refractivity (Wildman–Crippen MR) is 105 cm³/mol. The molecule has 1 aromatic rings. The molecule has 0 atom stereocenters. The average Bonchev–Trinajstić information content (AvgIpc) is 2.82. The molecule has 0 bridgehead atoms. The van der Waals surface area contributed by atoms with Crippen LogP contribution in [0.2, 0.25) is 0 Å². The highest BCUT2D eigenvalue weighted by Crippen LogP contribution is 2.32. The molecule has 2 aliphatic heterocycles. The summed E-state index contributed by atoms with van der Waals surface area (Å²) in [6.45, 7) is 7.62. The fourth-order valence-corrected chi connectivity index (χ4v) is 4.19. The molecule has 1 aromatic carbocycles. The summed E-state index contributed by atoms with van der Waals surface area (Å²) in [7, 11) is 4.42. The zero-order valence-electron chi connectivity index (χ0n) is 16.5. The largest absolute Gasteiger partial charge is 0.493 e. The van der Waals surface area contributed by atoms with Crippen molar-refractivity contribution in [3.63, 3.8) is 0 Å². The van der Waals surface area contributed by atoms with Gasteiger partial charge in [0.05, 0.1) is 12.2 Å². The van der Waals surface area contributed by atoms with Gasteiger partial charge in [0.2, 0.25) is 0 Å². The number of benzene rings is 1. The van der Waals surface area contributed by atoms with Crippen LogP contribution in [-0.2, 0) is 0 Å². The first-order valence-electron chi connectivity index (χ1n) is 9.96. The van der Waals surface area contributed by atoms with Crippen LogP contribution in [0.5, 0.6) is 5.75 Å². The topological polar surface area (TPSA) is 36.0 Å². The van der Waals surface area contributed by atoms with Gasteiger partial charge in [0.1, 0.15) is 5.75 Å². The summed E-state index contributed by atoms with van der Waals surface area (Å²) in [5.41, 5.74) is 0.811. The minimum atomic E-state index is 0.109. The Morgan fingerprint density at radius 2 is 1.85 bits per heavy atom. The molecule has 5 nitrogen and oxygen atoms in total. The summed E-state index contributed by atoms with van der Waals surface area (Å²) in [5, 5.41) is 0. The number of amides is 1. The summed E-state index contributed by atoms with van der Waals surface area (Å²) < 4.78 is 5.84. The lowest BCUT2D eigenvalue weighted by atomic mass is 9.85. The van der Waals surface area contributed by atoms with E-state index < -0.39 is 0 Å². The molecule has 0 radical (unpaired) electrons. The molecule has 0 N–H and O–H groups in total. The van der Waals surface area contributed by atoms with Gasteiger partial charge in [-0.1, -0.05) is 19.1 Å². The molecule has 0 aromatic heterocycles. The molecule has 1 spiro atoms. The molecule has 0 unspecified atom stereocenters. The smallest absolute Gasteiger partial charge is 0.257 e. The van der Waals surface area contributed by atoms with Crippen LogP contribution in [0.1, 0.15) is 43.0 Å². The monoisotopic (exact) mass is 359 g/mol. The Kier molecular flexibility index (Phi) is 6.20. The lowest BCUT2D eigenvalue weighted by Crippen LogP contribution is -2.58. The Hall–Kier alpha value is -1.59. The predicted octanol–water partition coefficient (Wildman–Crippen LogP) is 2.72. The van der Waals surface area contributed by atoms with E-state index in [4.69, 9.17) is 4.74 Å². The van der Waals surface area contributed by atoms with E-state index in [2.05, 4.69) is 35.7 Å². The second kappa shape index (κ2) is 8.40. The van der Waals surface area contributed by atoms with E-state index in [9.17, 15) is 4.79 Å². The normalized spacial score (nSPS) is 21.6. The number of rotatable bonds is 4. The molecule has 5 heteroatoms. The Morgan fingerprint density at radius 1 is 1.12 bits per heavy atom. The number of hydrogen-bond acceptors (Lipinski definition) is 4. The standard InChI is InChI=1S/C21H33N3O2/c1-4-16-26-19-9-6-5-8-18(19)20(25)24-13-7-12-23(3)21(17-24)10-14-22(2)15-11-21/h5-6,8-9H,4,7,10-17H2,1-3H3. The van der Waals surface area contributed by atoms with E-state index in [0.717, 1.165) is 64.2 Å². The van der Waals surface area contributed by atoms with Crippen molar-refractivity contribution in [1.29, 1.82) is 0 Å². The summed E-state index contributed by atoms with van der Waals surface area (Å²) >= 11 is 0. The van der Waals surface area contributed by atoms with E-state index in [-0.39, 0.29) is 11.4 Å². The van der Waals surface area contributed by atoms with Crippen LogP contribution in [0.3, 0.4) is 0 Å². The van der Waals surface area contributed by atoms with Crippen LogP contribution in [0.15, 0.2) is 24.3 Å². The number of likely N-dealkylation sites (N-methyl/N-ethyl adjacent to an activating group) is 1. The van der Waals surface area contributed by atoms with Gasteiger partial charge in [-0.3, -0.25) is 9.69 Å². The van der Waals surface area contributed by atoms with Crippen LogP contribution in [-0.4, -0.2) is 79.6 Å². The number of piperidine rings is 1. The van der Waals surface area contributed by atoms with Crippen LogP contribution in [0, 0.1) is 0 Å². The second-order valence-electron chi connectivity index (χ2n) is 7.87. The molecule has 3 rings (SSSR count). The highest BCUT2D eigenvalue weighted by atomic mass is 16.5. The van der Waals surface area contributed by atoms with Gasteiger partial charge >= 0.3 is 0 Å². The van der Waals surface area contributed by atoms with Crippen molar-refractivity contribution in [3.05, 3.63) is 29.8 Å². The second-order valence-corrected chi connectivity index (χ2v) is 7.87. The average molecular weight is 360 g/mol. The van der Waals surface area contributed by atoms with Gasteiger partial charge < -0.3 is 14.5 Å². The van der Waals surface area contributed by atoms with Gasteiger partial charge in [0.15, 0.2) is 0 Å². The summed E-state index contributed by atoms with van der Waals surface area (Å²) in [4.78, 5) is 20.3. The van der Waals surface area contributed by atoms with Crippen molar-refractivity contribution in [1.82, 2.24) is 14.7 Å². The zero-order chi connectivity index (χ0) is 18.6. The maximum atomic E-state index is 13.4. The third-order valence-electron chi connectivity index (χ3n) is 6.00. The quantitative estimate of drug-likeness (QED) is 0.828. The number of nitrogens with zero attached hydrogens (tertiary/aromatic N) is 3. The molecule has 2 fully saturated rings. The third-order valence-corrected chi connectivity index (χ3v) is 6.00. The maximum Gasteiger partial charge on any atom is 0.257 e.